The molecule has 0 unspecified atom stereocenters. The molecule has 24 heavy (non-hydrogen) atoms. The first kappa shape index (κ1) is 15.9. The Hall–Kier alpha value is -3.03. The SMILES string of the molecule is CCc1onc(C)c1CNC(=O)Nc1cc(-c2ccco2)nn1C. The first-order chi connectivity index (χ1) is 11.6. The Morgan fingerprint density at radius 3 is 2.96 bits per heavy atom. The number of nitrogens with one attached hydrogen (secondary N) is 2. The van der Waals surface area contributed by atoms with Crippen LogP contribution in [-0.4, -0.2) is 21.0 Å². The summed E-state index contributed by atoms with van der Waals surface area (Å²) in [6.07, 6.45) is 2.31. The summed E-state index contributed by atoms with van der Waals surface area (Å²) in [4.78, 5) is 12.1. The van der Waals surface area contributed by atoms with Crippen LogP contribution in [0.3, 0.4) is 0 Å². The van der Waals surface area contributed by atoms with Crippen molar-refractivity contribution in [3.8, 4) is 11.5 Å². The van der Waals surface area contributed by atoms with Gasteiger partial charge < -0.3 is 14.3 Å². The summed E-state index contributed by atoms with van der Waals surface area (Å²) in [5.74, 6) is 2.00. The molecule has 2 amide bonds. The Labute approximate surface area is 138 Å². The van der Waals surface area contributed by atoms with Crippen molar-refractivity contribution in [2.24, 2.45) is 7.05 Å². The lowest BCUT2D eigenvalue weighted by Gasteiger charge is -2.07. The number of aromatic nitrogens is 3. The number of anilines is 1. The number of aryl methyl sites for hydroxylation is 3. The van der Waals surface area contributed by atoms with Crippen LogP contribution in [0, 0.1) is 6.92 Å². The average molecular weight is 329 g/mol. The first-order valence-electron chi connectivity index (χ1n) is 7.65. The second-order valence-electron chi connectivity index (χ2n) is 5.35. The van der Waals surface area contributed by atoms with Gasteiger partial charge in [-0.3, -0.25) is 10.00 Å². The van der Waals surface area contributed by atoms with Crippen LogP contribution in [0.1, 0.15) is 23.9 Å². The van der Waals surface area contributed by atoms with Crippen molar-refractivity contribution < 1.29 is 13.7 Å². The first-order valence-corrected chi connectivity index (χ1v) is 7.65. The van der Waals surface area contributed by atoms with E-state index < -0.39 is 0 Å². The Morgan fingerprint density at radius 2 is 2.25 bits per heavy atom. The van der Waals surface area contributed by atoms with Gasteiger partial charge in [0.05, 0.1) is 12.0 Å². The van der Waals surface area contributed by atoms with Gasteiger partial charge in [0.25, 0.3) is 0 Å². The van der Waals surface area contributed by atoms with Gasteiger partial charge in [-0.2, -0.15) is 5.10 Å². The van der Waals surface area contributed by atoms with E-state index in [2.05, 4.69) is 20.9 Å². The maximum Gasteiger partial charge on any atom is 0.320 e. The molecule has 0 bridgehead atoms. The van der Waals surface area contributed by atoms with E-state index in [0.717, 1.165) is 23.4 Å². The Bertz CT molecular complexity index is 832. The zero-order chi connectivity index (χ0) is 17.1. The highest BCUT2D eigenvalue weighted by molar-refractivity contribution is 5.88. The van der Waals surface area contributed by atoms with Crippen molar-refractivity contribution in [1.29, 1.82) is 0 Å². The number of nitrogens with zero attached hydrogens (tertiary/aromatic N) is 3. The minimum absolute atomic E-state index is 0.327. The molecule has 0 aliphatic heterocycles. The fraction of sp³-hybridized carbons (Fsp3) is 0.312. The molecule has 3 heterocycles. The number of rotatable bonds is 5. The third-order valence-corrected chi connectivity index (χ3v) is 3.71. The summed E-state index contributed by atoms with van der Waals surface area (Å²) in [6, 6.07) is 5.02. The van der Waals surface area contributed by atoms with Crippen LogP contribution < -0.4 is 10.6 Å². The molecule has 8 nitrogen and oxygen atoms in total. The number of hydrogen-bond acceptors (Lipinski definition) is 5. The maximum atomic E-state index is 12.1. The highest BCUT2D eigenvalue weighted by atomic mass is 16.5. The van der Waals surface area contributed by atoms with Gasteiger partial charge in [0.1, 0.15) is 17.3 Å². The largest absolute Gasteiger partial charge is 0.463 e. The van der Waals surface area contributed by atoms with E-state index >= 15 is 0 Å². The Balaban J connectivity index is 1.64. The number of hydrogen-bond donors (Lipinski definition) is 2. The molecule has 0 saturated carbocycles. The van der Waals surface area contributed by atoms with E-state index in [9.17, 15) is 4.79 Å². The smallest absolute Gasteiger partial charge is 0.320 e. The summed E-state index contributed by atoms with van der Waals surface area (Å²) in [7, 11) is 1.75. The van der Waals surface area contributed by atoms with E-state index in [4.69, 9.17) is 8.94 Å². The summed E-state index contributed by atoms with van der Waals surface area (Å²) >= 11 is 0. The minimum Gasteiger partial charge on any atom is -0.463 e. The van der Waals surface area contributed by atoms with E-state index in [-0.39, 0.29) is 6.03 Å². The predicted molar refractivity (Wildman–Crippen MR) is 87.4 cm³/mol. The molecular weight excluding hydrogens is 310 g/mol. The zero-order valence-electron chi connectivity index (χ0n) is 13.8. The molecule has 0 atom stereocenters. The van der Waals surface area contributed by atoms with Gasteiger partial charge in [-0.15, -0.1) is 0 Å². The van der Waals surface area contributed by atoms with Gasteiger partial charge in [0, 0.05) is 31.6 Å². The number of carbonyl (C=O) groups is 1. The molecule has 8 heteroatoms. The summed E-state index contributed by atoms with van der Waals surface area (Å²) in [5.41, 5.74) is 2.35. The van der Waals surface area contributed by atoms with Crippen molar-refractivity contribution >= 4 is 11.8 Å². The van der Waals surface area contributed by atoms with Crippen LogP contribution >= 0.6 is 0 Å². The normalized spacial score (nSPS) is 10.8. The molecule has 0 spiro atoms. The summed E-state index contributed by atoms with van der Waals surface area (Å²) < 4.78 is 12.1. The molecule has 3 aromatic rings. The lowest BCUT2D eigenvalue weighted by molar-refractivity contribution is 0.251. The average Bonchev–Trinajstić information content (AvgIpc) is 3.27. The van der Waals surface area contributed by atoms with Crippen molar-refractivity contribution in [1.82, 2.24) is 20.3 Å². The number of furan rings is 1. The zero-order valence-corrected chi connectivity index (χ0v) is 13.8. The standard InChI is InChI=1S/C16H19N5O3/c1-4-13-11(10(2)20-24-13)9-17-16(22)18-15-8-12(19-21(15)3)14-6-5-7-23-14/h5-8H,4,9H2,1-3H3,(H2,17,18,22). The third-order valence-electron chi connectivity index (χ3n) is 3.71. The van der Waals surface area contributed by atoms with Crippen LogP contribution in [0.4, 0.5) is 10.6 Å². The van der Waals surface area contributed by atoms with Crippen LogP contribution in [0.25, 0.3) is 11.5 Å². The monoisotopic (exact) mass is 329 g/mol. The maximum absolute atomic E-state index is 12.1. The van der Waals surface area contributed by atoms with Crippen molar-refractivity contribution in [3.63, 3.8) is 0 Å². The molecule has 3 aromatic heterocycles. The highest BCUT2D eigenvalue weighted by Gasteiger charge is 2.14. The molecule has 3 rings (SSSR count). The lowest BCUT2D eigenvalue weighted by atomic mass is 10.1. The molecular formula is C16H19N5O3. The van der Waals surface area contributed by atoms with Crippen LogP contribution in [0.2, 0.25) is 0 Å². The van der Waals surface area contributed by atoms with Gasteiger partial charge in [0.2, 0.25) is 0 Å². The van der Waals surface area contributed by atoms with E-state index in [1.54, 1.807) is 30.1 Å². The number of carbonyl (C=O) groups excluding carboxylic acids is 1. The van der Waals surface area contributed by atoms with E-state index in [1.807, 2.05) is 19.9 Å². The summed E-state index contributed by atoms with van der Waals surface area (Å²) in [5, 5.41) is 13.8. The second-order valence-corrected chi connectivity index (χ2v) is 5.35. The second kappa shape index (κ2) is 6.61. The van der Waals surface area contributed by atoms with Crippen molar-refractivity contribution in [3.05, 3.63) is 41.5 Å². The molecule has 126 valence electrons. The molecule has 0 aliphatic rings. The van der Waals surface area contributed by atoms with Crippen molar-refractivity contribution in [2.45, 2.75) is 26.8 Å². The highest BCUT2D eigenvalue weighted by Crippen LogP contribution is 2.21. The van der Waals surface area contributed by atoms with Crippen LogP contribution in [-0.2, 0) is 20.0 Å². The molecule has 2 N–H and O–H groups in total. The molecule has 0 aliphatic carbocycles. The summed E-state index contributed by atoms with van der Waals surface area (Å²) in [6.45, 7) is 4.19. The van der Waals surface area contributed by atoms with Crippen molar-refractivity contribution in [2.75, 3.05) is 5.32 Å². The molecule has 0 radical (unpaired) electrons. The number of urea groups is 1. The van der Waals surface area contributed by atoms with Gasteiger partial charge >= 0.3 is 6.03 Å². The molecule has 0 fully saturated rings. The van der Waals surface area contributed by atoms with Crippen LogP contribution in [0.15, 0.2) is 33.4 Å². The topological polar surface area (TPSA) is 98.1 Å². The minimum atomic E-state index is -0.327. The molecule has 0 saturated heterocycles. The fourth-order valence-electron chi connectivity index (χ4n) is 2.40. The predicted octanol–water partition coefficient (Wildman–Crippen LogP) is 2.86. The Kier molecular flexibility index (Phi) is 4.37. The quantitative estimate of drug-likeness (QED) is 0.750. The van der Waals surface area contributed by atoms with E-state index in [0.29, 0.717) is 23.8 Å². The van der Waals surface area contributed by atoms with Gasteiger partial charge in [-0.1, -0.05) is 12.1 Å². The van der Waals surface area contributed by atoms with E-state index in [1.165, 1.54) is 0 Å². The van der Waals surface area contributed by atoms with Crippen LogP contribution in [0.5, 0.6) is 0 Å². The molecule has 0 aromatic carbocycles. The Morgan fingerprint density at radius 1 is 1.42 bits per heavy atom. The third kappa shape index (κ3) is 3.17. The van der Waals surface area contributed by atoms with Gasteiger partial charge in [-0.05, 0) is 19.1 Å². The van der Waals surface area contributed by atoms with Gasteiger partial charge in [0.15, 0.2) is 5.76 Å². The lowest BCUT2D eigenvalue weighted by Crippen LogP contribution is -2.29. The number of amides is 2. The van der Waals surface area contributed by atoms with Gasteiger partial charge in [-0.25, -0.2) is 4.79 Å². The fourth-order valence-corrected chi connectivity index (χ4v) is 2.40.